The molecule has 1 unspecified atom stereocenters. The predicted molar refractivity (Wildman–Crippen MR) is 113 cm³/mol. The minimum absolute atomic E-state index is 0.0379. The van der Waals surface area contributed by atoms with Crippen LogP contribution in [-0.4, -0.2) is 38.1 Å². The number of carbonyl (C=O) groups excluding carboxylic acids is 1. The van der Waals surface area contributed by atoms with Gasteiger partial charge in [-0.05, 0) is 50.1 Å². The number of hydrogen-bond donors (Lipinski definition) is 2. The lowest BCUT2D eigenvalue weighted by Crippen LogP contribution is -2.40. The molecule has 0 radical (unpaired) electrons. The fraction of sp³-hybridized carbons (Fsp3) is 0.364. The fourth-order valence-electron chi connectivity index (χ4n) is 3.21. The fourth-order valence-corrected chi connectivity index (χ4v) is 3.21. The van der Waals surface area contributed by atoms with E-state index in [4.69, 9.17) is 4.74 Å². The summed E-state index contributed by atoms with van der Waals surface area (Å²) < 4.78 is 32.1. The number of rotatable bonds is 7. The smallest absolute Gasteiger partial charge is 0.265 e. The van der Waals surface area contributed by atoms with Gasteiger partial charge in [0.25, 0.3) is 5.91 Å². The van der Waals surface area contributed by atoms with E-state index in [1.807, 2.05) is 38.1 Å². The molecule has 8 heteroatoms. The van der Waals surface area contributed by atoms with E-state index in [0.717, 1.165) is 11.8 Å². The number of hydrogen-bond acceptors (Lipinski definition) is 3. The molecule has 1 heterocycles. The molecule has 0 aromatic heterocycles. The molecule has 0 aliphatic carbocycles. The number of anilines is 1. The Morgan fingerprint density at radius 1 is 1.23 bits per heavy atom. The van der Waals surface area contributed by atoms with Crippen LogP contribution in [0.4, 0.5) is 14.5 Å². The Morgan fingerprint density at radius 3 is 2.80 bits per heavy atom. The van der Waals surface area contributed by atoms with Crippen molar-refractivity contribution in [3.8, 4) is 5.75 Å². The first kappa shape index (κ1) is 21.5. The summed E-state index contributed by atoms with van der Waals surface area (Å²) in [5.41, 5.74) is 1.39. The molecule has 2 N–H and O–H groups in total. The molecule has 1 aliphatic heterocycles. The van der Waals surface area contributed by atoms with Crippen molar-refractivity contribution in [1.29, 1.82) is 0 Å². The highest BCUT2D eigenvalue weighted by Gasteiger charge is 2.24. The number of fused-ring (bicyclic) bond motifs is 1. The van der Waals surface area contributed by atoms with Gasteiger partial charge >= 0.3 is 0 Å². The zero-order valence-electron chi connectivity index (χ0n) is 17.1. The lowest BCUT2D eigenvalue weighted by Gasteiger charge is -2.29. The largest absolute Gasteiger partial charge is 0.482 e. The zero-order chi connectivity index (χ0) is 21.5. The maximum absolute atomic E-state index is 13.5. The van der Waals surface area contributed by atoms with Gasteiger partial charge in [0.15, 0.2) is 24.2 Å². The summed E-state index contributed by atoms with van der Waals surface area (Å²) in [6.45, 7) is 5.51. The van der Waals surface area contributed by atoms with Crippen LogP contribution in [0, 0.1) is 11.6 Å². The van der Waals surface area contributed by atoms with Crippen LogP contribution in [0.2, 0.25) is 0 Å². The molecule has 3 rings (SSSR count). The summed E-state index contributed by atoms with van der Waals surface area (Å²) in [4.78, 5) is 18.5. The third-order valence-corrected chi connectivity index (χ3v) is 4.76. The van der Waals surface area contributed by atoms with Crippen LogP contribution in [0.25, 0.3) is 0 Å². The first-order chi connectivity index (χ1) is 14.5. The molecule has 30 heavy (non-hydrogen) atoms. The van der Waals surface area contributed by atoms with Crippen LogP contribution in [-0.2, 0) is 4.79 Å². The lowest BCUT2D eigenvalue weighted by atomic mass is 10.1. The number of para-hydroxylation sites is 2. The van der Waals surface area contributed by atoms with Gasteiger partial charge in [0.2, 0.25) is 0 Å². The number of benzene rings is 2. The Labute approximate surface area is 174 Å². The topological polar surface area (TPSA) is 66.0 Å². The van der Waals surface area contributed by atoms with Crippen molar-refractivity contribution in [2.45, 2.75) is 26.3 Å². The van der Waals surface area contributed by atoms with Crippen LogP contribution < -0.4 is 20.3 Å². The molecule has 160 valence electrons. The average Bonchev–Trinajstić information content (AvgIpc) is 2.74. The number of ether oxygens (including phenoxy) is 1. The summed E-state index contributed by atoms with van der Waals surface area (Å²) in [7, 11) is 0. The minimum Gasteiger partial charge on any atom is -0.482 e. The molecule has 0 saturated carbocycles. The molecule has 1 amide bonds. The van der Waals surface area contributed by atoms with E-state index in [9.17, 15) is 13.6 Å². The monoisotopic (exact) mass is 416 g/mol. The van der Waals surface area contributed by atoms with Gasteiger partial charge in [-0.15, -0.1) is 0 Å². The molecular weight excluding hydrogens is 390 g/mol. The number of guanidine groups is 1. The molecular formula is C22H26F2N4O2. The van der Waals surface area contributed by atoms with Crippen LogP contribution in [0.15, 0.2) is 47.5 Å². The summed E-state index contributed by atoms with van der Waals surface area (Å²) in [5, 5.41) is 6.34. The van der Waals surface area contributed by atoms with Gasteiger partial charge in [0, 0.05) is 19.6 Å². The lowest BCUT2D eigenvalue weighted by molar-refractivity contribution is -0.121. The van der Waals surface area contributed by atoms with Crippen molar-refractivity contribution >= 4 is 17.6 Å². The van der Waals surface area contributed by atoms with Crippen LogP contribution in [0.3, 0.4) is 0 Å². The minimum atomic E-state index is -0.876. The van der Waals surface area contributed by atoms with Crippen molar-refractivity contribution in [1.82, 2.24) is 10.6 Å². The molecule has 0 fully saturated rings. The molecule has 2 aromatic rings. The Kier molecular flexibility index (Phi) is 7.21. The third kappa shape index (κ3) is 5.25. The van der Waals surface area contributed by atoms with E-state index in [1.165, 1.54) is 6.07 Å². The van der Waals surface area contributed by atoms with Gasteiger partial charge in [-0.1, -0.05) is 18.2 Å². The van der Waals surface area contributed by atoms with Crippen molar-refractivity contribution in [2.24, 2.45) is 4.99 Å². The highest BCUT2D eigenvalue weighted by atomic mass is 19.2. The summed E-state index contributed by atoms with van der Waals surface area (Å²) in [5.74, 6) is -0.543. The Balaban J connectivity index is 1.58. The zero-order valence-corrected chi connectivity index (χ0v) is 17.1. The standard InChI is InChI=1S/C22H26F2N4O2/c1-3-25-22(27-15(2)16-9-10-17(23)18(24)13-16)26-11-6-12-28-19-7-4-5-8-20(19)30-14-21(28)29/h4-5,7-10,13,15H,3,6,11-12,14H2,1-2H3,(H2,25,26,27). The van der Waals surface area contributed by atoms with Gasteiger partial charge in [0.1, 0.15) is 5.75 Å². The van der Waals surface area contributed by atoms with E-state index in [2.05, 4.69) is 15.6 Å². The van der Waals surface area contributed by atoms with Gasteiger partial charge in [-0.2, -0.15) is 0 Å². The van der Waals surface area contributed by atoms with E-state index in [1.54, 1.807) is 11.0 Å². The molecule has 1 atom stereocenters. The number of aliphatic imine (C=N–C) groups is 1. The second-order valence-electron chi connectivity index (χ2n) is 6.96. The normalized spacial score (nSPS) is 14.7. The number of halogens is 2. The van der Waals surface area contributed by atoms with E-state index < -0.39 is 11.6 Å². The Morgan fingerprint density at radius 2 is 2.03 bits per heavy atom. The molecule has 0 spiro atoms. The number of carbonyl (C=O) groups is 1. The van der Waals surface area contributed by atoms with Crippen molar-refractivity contribution in [3.63, 3.8) is 0 Å². The highest BCUT2D eigenvalue weighted by molar-refractivity contribution is 5.97. The van der Waals surface area contributed by atoms with Crippen molar-refractivity contribution < 1.29 is 18.3 Å². The van der Waals surface area contributed by atoms with E-state index in [0.29, 0.717) is 43.3 Å². The van der Waals surface area contributed by atoms with Gasteiger partial charge < -0.3 is 20.3 Å². The number of nitrogens with zero attached hydrogens (tertiary/aromatic N) is 2. The molecule has 2 aromatic carbocycles. The first-order valence-corrected chi connectivity index (χ1v) is 10.0. The first-order valence-electron chi connectivity index (χ1n) is 10.0. The summed E-state index contributed by atoms with van der Waals surface area (Å²) in [6.07, 6.45) is 0.663. The predicted octanol–water partition coefficient (Wildman–Crippen LogP) is 3.40. The quantitative estimate of drug-likeness (QED) is 0.413. The third-order valence-electron chi connectivity index (χ3n) is 4.76. The average molecular weight is 416 g/mol. The van der Waals surface area contributed by atoms with Crippen LogP contribution in [0.5, 0.6) is 5.75 Å². The maximum atomic E-state index is 13.5. The highest BCUT2D eigenvalue weighted by Crippen LogP contribution is 2.31. The van der Waals surface area contributed by atoms with Gasteiger partial charge in [-0.3, -0.25) is 9.79 Å². The number of amides is 1. The second-order valence-corrected chi connectivity index (χ2v) is 6.96. The second kappa shape index (κ2) is 10.0. The van der Waals surface area contributed by atoms with Crippen molar-refractivity contribution in [3.05, 3.63) is 59.7 Å². The summed E-state index contributed by atoms with van der Waals surface area (Å²) in [6, 6.07) is 11.0. The molecule has 6 nitrogen and oxygen atoms in total. The van der Waals surface area contributed by atoms with Crippen molar-refractivity contribution in [2.75, 3.05) is 31.1 Å². The molecule has 1 aliphatic rings. The Hall–Kier alpha value is -3.16. The summed E-state index contributed by atoms with van der Waals surface area (Å²) >= 11 is 0. The van der Waals surface area contributed by atoms with Gasteiger partial charge in [0.05, 0.1) is 11.7 Å². The SMILES string of the molecule is CCNC(=NCCCN1C(=O)COc2ccccc21)NC(C)c1ccc(F)c(F)c1. The van der Waals surface area contributed by atoms with Crippen LogP contribution in [0.1, 0.15) is 31.9 Å². The molecule has 0 saturated heterocycles. The number of nitrogens with one attached hydrogen (secondary N) is 2. The van der Waals surface area contributed by atoms with Crippen LogP contribution >= 0.6 is 0 Å². The molecule has 0 bridgehead atoms. The maximum Gasteiger partial charge on any atom is 0.265 e. The van der Waals surface area contributed by atoms with E-state index in [-0.39, 0.29) is 18.6 Å². The van der Waals surface area contributed by atoms with E-state index >= 15 is 0 Å². The van der Waals surface area contributed by atoms with Gasteiger partial charge in [-0.25, -0.2) is 8.78 Å². The Bertz CT molecular complexity index is 920.